The lowest BCUT2D eigenvalue weighted by atomic mass is 10.1. The molecule has 186 valence electrons. The van der Waals surface area contributed by atoms with E-state index in [-0.39, 0.29) is 33.9 Å². The Morgan fingerprint density at radius 1 is 0.784 bits per heavy atom. The summed E-state index contributed by atoms with van der Waals surface area (Å²) in [6, 6.07) is 27.7. The van der Waals surface area contributed by atoms with Crippen LogP contribution in [-0.2, 0) is 14.9 Å². The Kier molecular flexibility index (Phi) is 6.98. The number of hydrogen-bond acceptors (Lipinski definition) is 7. The highest BCUT2D eigenvalue weighted by molar-refractivity contribution is 8.18. The van der Waals surface area contributed by atoms with Gasteiger partial charge in [-0.25, -0.2) is 0 Å². The van der Waals surface area contributed by atoms with Gasteiger partial charge in [0.05, 0.1) is 11.4 Å². The van der Waals surface area contributed by atoms with Gasteiger partial charge in [-0.15, -0.1) is 0 Å². The topological polar surface area (TPSA) is 90.0 Å². The van der Waals surface area contributed by atoms with Crippen LogP contribution in [0, 0.1) is 0 Å². The first-order valence-electron chi connectivity index (χ1n) is 11.4. The highest BCUT2D eigenvalue weighted by atomic mass is 32.2. The van der Waals surface area contributed by atoms with E-state index in [0.29, 0.717) is 11.3 Å². The lowest BCUT2D eigenvalue weighted by Crippen LogP contribution is -2.32. The number of rotatable bonds is 8. The normalized spacial score (nSPS) is 14.9. The summed E-state index contributed by atoms with van der Waals surface area (Å²) in [6.07, 6.45) is 1.59. The van der Waals surface area contributed by atoms with Gasteiger partial charge in [0.1, 0.15) is 23.0 Å². The second-order valence-corrected chi connectivity index (χ2v) is 10.6. The molecule has 4 aromatic rings. The van der Waals surface area contributed by atoms with Crippen molar-refractivity contribution in [2.75, 3.05) is 13.2 Å². The number of benzene rings is 4. The molecule has 0 N–H and O–H groups in total. The van der Waals surface area contributed by atoms with Gasteiger partial charge >= 0.3 is 10.1 Å². The molecule has 7 nitrogen and oxygen atoms in total. The maximum atomic E-state index is 12.8. The minimum absolute atomic E-state index is 0.0557. The lowest BCUT2D eigenvalue weighted by Gasteiger charge is -2.13. The summed E-state index contributed by atoms with van der Waals surface area (Å²) >= 11 is 0.851. The summed E-state index contributed by atoms with van der Waals surface area (Å²) in [4.78, 5) is 26.5. The van der Waals surface area contributed by atoms with Gasteiger partial charge in [-0.3, -0.25) is 14.5 Å². The quantitative estimate of drug-likeness (QED) is 0.212. The van der Waals surface area contributed by atoms with Crippen LogP contribution in [0.4, 0.5) is 4.79 Å². The monoisotopic (exact) mass is 531 g/mol. The van der Waals surface area contributed by atoms with Crippen LogP contribution in [0.1, 0.15) is 5.56 Å². The molecule has 1 aliphatic heterocycles. The van der Waals surface area contributed by atoms with E-state index < -0.39 is 16.0 Å². The minimum atomic E-state index is -4.03. The number of carbonyl (C=O) groups is 2. The summed E-state index contributed by atoms with van der Waals surface area (Å²) in [6.45, 7) is 0.323. The maximum Gasteiger partial charge on any atom is 0.339 e. The number of ether oxygens (including phenoxy) is 1. The van der Waals surface area contributed by atoms with E-state index in [1.807, 2.05) is 42.5 Å². The summed E-state index contributed by atoms with van der Waals surface area (Å²) in [5.74, 6) is 0.400. The average molecular weight is 532 g/mol. The molecule has 0 atom stereocenters. The molecule has 0 saturated carbocycles. The molecule has 37 heavy (non-hydrogen) atoms. The Morgan fingerprint density at radius 3 is 2.24 bits per heavy atom. The largest absolute Gasteiger partial charge is 0.492 e. The van der Waals surface area contributed by atoms with Crippen molar-refractivity contribution in [2.24, 2.45) is 0 Å². The highest BCUT2D eigenvalue weighted by Gasteiger charge is 2.34. The first-order chi connectivity index (χ1) is 17.9. The Labute approximate surface area is 218 Å². The van der Waals surface area contributed by atoms with E-state index in [0.717, 1.165) is 27.4 Å². The van der Waals surface area contributed by atoms with Gasteiger partial charge in [-0.2, -0.15) is 8.42 Å². The molecule has 5 rings (SSSR count). The molecule has 1 aliphatic rings. The van der Waals surface area contributed by atoms with Gasteiger partial charge < -0.3 is 8.92 Å². The number of para-hydroxylation sites is 1. The Hall–Kier alpha value is -4.08. The predicted octanol–water partition coefficient (Wildman–Crippen LogP) is 5.72. The third-order valence-electron chi connectivity index (χ3n) is 5.59. The van der Waals surface area contributed by atoms with Crippen molar-refractivity contribution in [3.8, 4) is 11.5 Å². The van der Waals surface area contributed by atoms with Crippen molar-refractivity contribution in [3.05, 3.63) is 108 Å². The van der Waals surface area contributed by atoms with Crippen LogP contribution in [-0.4, -0.2) is 37.6 Å². The smallest absolute Gasteiger partial charge is 0.339 e. The number of fused-ring (bicyclic) bond motifs is 1. The third kappa shape index (κ3) is 5.68. The Morgan fingerprint density at radius 2 is 1.49 bits per heavy atom. The molecule has 0 aromatic heterocycles. The molecule has 1 heterocycles. The van der Waals surface area contributed by atoms with Crippen molar-refractivity contribution < 1.29 is 26.9 Å². The number of thioether (sulfide) groups is 1. The van der Waals surface area contributed by atoms with Crippen LogP contribution in [0.15, 0.2) is 107 Å². The molecule has 4 aromatic carbocycles. The molecule has 0 aliphatic carbocycles. The van der Waals surface area contributed by atoms with Crippen molar-refractivity contribution in [3.63, 3.8) is 0 Å². The number of imide groups is 1. The fourth-order valence-corrected chi connectivity index (χ4v) is 5.56. The van der Waals surface area contributed by atoms with Crippen LogP contribution in [0.2, 0.25) is 0 Å². The van der Waals surface area contributed by atoms with E-state index in [2.05, 4.69) is 0 Å². The van der Waals surface area contributed by atoms with Crippen molar-refractivity contribution in [1.29, 1.82) is 0 Å². The molecular weight excluding hydrogens is 510 g/mol. The van der Waals surface area contributed by atoms with Crippen LogP contribution in [0.5, 0.6) is 11.5 Å². The van der Waals surface area contributed by atoms with Crippen LogP contribution in [0.25, 0.3) is 16.8 Å². The van der Waals surface area contributed by atoms with Crippen LogP contribution >= 0.6 is 11.8 Å². The van der Waals surface area contributed by atoms with Crippen molar-refractivity contribution in [1.82, 2.24) is 4.90 Å². The fraction of sp³-hybridized carbons (Fsp3) is 0.0714. The average Bonchev–Trinajstić information content (AvgIpc) is 3.17. The number of amides is 2. The molecule has 0 unspecified atom stereocenters. The fourth-order valence-electron chi connectivity index (χ4n) is 3.73. The zero-order chi connectivity index (χ0) is 25.8. The summed E-state index contributed by atoms with van der Waals surface area (Å²) in [7, 11) is -4.03. The first-order valence-corrected chi connectivity index (χ1v) is 13.6. The zero-order valence-electron chi connectivity index (χ0n) is 19.4. The summed E-state index contributed by atoms with van der Waals surface area (Å²) in [5.41, 5.74) is 0.626. The van der Waals surface area contributed by atoms with Gasteiger partial charge in [0.25, 0.3) is 11.1 Å². The number of carbonyl (C=O) groups excluding carboxylic acids is 2. The van der Waals surface area contributed by atoms with E-state index in [1.54, 1.807) is 42.5 Å². The third-order valence-corrected chi connectivity index (χ3v) is 7.74. The van der Waals surface area contributed by atoms with Gasteiger partial charge in [0.15, 0.2) is 0 Å². The molecule has 9 heteroatoms. The number of nitrogens with zero attached hydrogens (tertiary/aromatic N) is 1. The molecule has 0 spiro atoms. The molecule has 2 amide bonds. The zero-order valence-corrected chi connectivity index (χ0v) is 21.1. The van der Waals surface area contributed by atoms with E-state index in [9.17, 15) is 18.0 Å². The second kappa shape index (κ2) is 10.5. The van der Waals surface area contributed by atoms with Gasteiger partial charge in [0.2, 0.25) is 0 Å². The number of hydrogen-bond donors (Lipinski definition) is 0. The minimum Gasteiger partial charge on any atom is -0.492 e. The SMILES string of the molecule is O=C1S/C(=C\c2ccc(OS(=O)(=O)c3ccc4ccccc4c3)cc2)C(=O)N1CCOc1ccccc1. The van der Waals surface area contributed by atoms with E-state index in [4.69, 9.17) is 8.92 Å². The van der Waals surface area contributed by atoms with Crippen molar-refractivity contribution >= 4 is 49.9 Å². The molecule has 1 fully saturated rings. The first kappa shape index (κ1) is 24.6. The van der Waals surface area contributed by atoms with Crippen LogP contribution < -0.4 is 8.92 Å². The standard InChI is InChI=1S/C28H21NO6S2/c30-27-26(36-28(31)29(27)16-17-34-23-8-2-1-3-9-23)18-20-10-13-24(14-11-20)35-37(32,33)25-15-12-21-6-4-5-7-22(21)19-25/h1-15,18-19H,16-17H2/b26-18-. The second-order valence-electron chi connectivity index (χ2n) is 8.11. The van der Waals surface area contributed by atoms with Crippen LogP contribution in [0.3, 0.4) is 0 Å². The predicted molar refractivity (Wildman–Crippen MR) is 143 cm³/mol. The highest BCUT2D eigenvalue weighted by Crippen LogP contribution is 2.32. The van der Waals surface area contributed by atoms with Gasteiger partial charge in [0, 0.05) is 0 Å². The Balaban J connectivity index is 1.23. The molecule has 0 radical (unpaired) electrons. The summed E-state index contributed by atoms with van der Waals surface area (Å²) < 4.78 is 36.4. The van der Waals surface area contributed by atoms with Crippen molar-refractivity contribution in [2.45, 2.75) is 4.90 Å². The van der Waals surface area contributed by atoms with Gasteiger partial charge in [-0.05, 0) is 70.6 Å². The van der Waals surface area contributed by atoms with E-state index in [1.165, 1.54) is 18.2 Å². The molecular formula is C28H21NO6S2. The lowest BCUT2D eigenvalue weighted by molar-refractivity contribution is -0.123. The molecule has 0 bridgehead atoms. The summed E-state index contributed by atoms with van der Waals surface area (Å²) in [5, 5.41) is 1.36. The van der Waals surface area contributed by atoms with E-state index >= 15 is 0 Å². The Bertz CT molecular complexity index is 1600. The maximum absolute atomic E-state index is 12.8. The van der Waals surface area contributed by atoms with Gasteiger partial charge in [-0.1, -0.05) is 60.7 Å². The molecule has 1 saturated heterocycles.